The summed E-state index contributed by atoms with van der Waals surface area (Å²) >= 11 is 5.96. The molecule has 0 unspecified atom stereocenters. The van der Waals surface area contributed by atoms with Gasteiger partial charge < -0.3 is 10.2 Å². The fourth-order valence-electron chi connectivity index (χ4n) is 2.21. The summed E-state index contributed by atoms with van der Waals surface area (Å²) in [7, 11) is 0. The number of amides is 2. The molecule has 0 saturated heterocycles. The third-order valence-corrected chi connectivity index (χ3v) is 3.13. The minimum atomic E-state index is -0.609. The molecule has 4 nitrogen and oxygen atoms in total. The van der Waals surface area contributed by atoms with E-state index >= 15 is 0 Å². The van der Waals surface area contributed by atoms with Crippen LogP contribution in [0.25, 0.3) is 0 Å². The summed E-state index contributed by atoms with van der Waals surface area (Å²) in [6.07, 6.45) is 0.862. The average Bonchev–Trinajstić information content (AvgIpc) is 2.54. The molecule has 1 aromatic rings. The summed E-state index contributed by atoms with van der Waals surface area (Å²) in [5.41, 5.74) is 1.61. The predicted octanol–water partition coefficient (Wildman–Crippen LogP) is 2.27. The molecule has 0 aliphatic carbocycles. The zero-order valence-corrected chi connectivity index (χ0v) is 11.1. The van der Waals surface area contributed by atoms with Gasteiger partial charge in [0.2, 0.25) is 5.91 Å². The molecule has 0 spiro atoms. The molecular formula is C13H15ClN2O2. The van der Waals surface area contributed by atoms with Gasteiger partial charge in [0.15, 0.2) is 0 Å². The van der Waals surface area contributed by atoms with E-state index in [-0.39, 0.29) is 11.8 Å². The van der Waals surface area contributed by atoms with Crippen molar-refractivity contribution in [2.24, 2.45) is 0 Å². The van der Waals surface area contributed by atoms with Crippen molar-refractivity contribution in [3.8, 4) is 0 Å². The lowest BCUT2D eigenvalue weighted by Gasteiger charge is -2.16. The van der Waals surface area contributed by atoms with E-state index in [0.29, 0.717) is 11.6 Å². The maximum absolute atomic E-state index is 12.3. The molecule has 1 atom stereocenters. The molecule has 0 saturated carbocycles. The van der Waals surface area contributed by atoms with Gasteiger partial charge in [0.05, 0.1) is 0 Å². The second kappa shape index (κ2) is 4.98. The lowest BCUT2D eigenvalue weighted by atomic mass is 10.1. The van der Waals surface area contributed by atoms with Crippen LogP contribution in [0.5, 0.6) is 0 Å². The van der Waals surface area contributed by atoms with E-state index in [9.17, 15) is 9.59 Å². The van der Waals surface area contributed by atoms with Gasteiger partial charge in [0, 0.05) is 29.7 Å². The number of fused-ring (bicyclic) bond motifs is 1. The van der Waals surface area contributed by atoms with Gasteiger partial charge in [-0.2, -0.15) is 0 Å². The molecule has 1 aliphatic heterocycles. The van der Waals surface area contributed by atoms with Crippen LogP contribution in [-0.2, 0) is 9.59 Å². The van der Waals surface area contributed by atoms with Crippen LogP contribution in [0.3, 0.4) is 0 Å². The molecule has 1 N–H and O–H groups in total. The van der Waals surface area contributed by atoms with Crippen molar-refractivity contribution in [3.63, 3.8) is 0 Å². The fraction of sp³-hybridized carbons (Fsp3) is 0.385. The maximum atomic E-state index is 12.3. The Kier molecular flexibility index (Phi) is 3.57. The Hall–Kier alpha value is -1.55. The second-order valence-corrected chi connectivity index (χ2v) is 4.76. The Morgan fingerprint density at radius 2 is 2.22 bits per heavy atom. The highest BCUT2D eigenvalue weighted by Gasteiger charge is 2.37. The maximum Gasteiger partial charge on any atom is 0.254 e. The van der Waals surface area contributed by atoms with Crippen LogP contribution >= 0.6 is 11.6 Å². The number of hydrogen-bond donors (Lipinski definition) is 1. The van der Waals surface area contributed by atoms with Crippen molar-refractivity contribution in [1.82, 2.24) is 5.32 Å². The van der Waals surface area contributed by atoms with Gasteiger partial charge in [-0.3, -0.25) is 9.59 Å². The Balaban J connectivity index is 2.43. The van der Waals surface area contributed by atoms with E-state index in [1.165, 1.54) is 6.92 Å². The zero-order chi connectivity index (χ0) is 13.3. The summed E-state index contributed by atoms with van der Waals surface area (Å²) in [6.45, 7) is 4.05. The molecule has 0 aromatic heterocycles. The number of carbonyl (C=O) groups is 2. The number of nitrogens with one attached hydrogen (secondary N) is 1. The van der Waals surface area contributed by atoms with E-state index in [2.05, 4.69) is 5.32 Å². The van der Waals surface area contributed by atoms with Crippen LogP contribution in [0, 0.1) is 0 Å². The van der Waals surface area contributed by atoms with Crippen molar-refractivity contribution in [3.05, 3.63) is 28.8 Å². The fourth-order valence-corrected chi connectivity index (χ4v) is 2.39. The first-order chi connectivity index (χ1) is 8.54. The van der Waals surface area contributed by atoms with Crippen LogP contribution in [-0.4, -0.2) is 18.4 Å². The molecule has 1 heterocycles. The summed E-state index contributed by atoms with van der Waals surface area (Å²) in [5.74, 6) is -0.318. The van der Waals surface area contributed by atoms with Crippen molar-refractivity contribution in [2.45, 2.75) is 26.3 Å². The van der Waals surface area contributed by atoms with Gasteiger partial charge in [-0.25, -0.2) is 0 Å². The number of nitrogens with zero attached hydrogens (tertiary/aromatic N) is 1. The van der Waals surface area contributed by atoms with Gasteiger partial charge in [-0.15, -0.1) is 0 Å². The van der Waals surface area contributed by atoms with E-state index in [1.54, 1.807) is 17.0 Å². The highest BCUT2D eigenvalue weighted by Crippen LogP contribution is 2.37. The molecule has 2 rings (SSSR count). The number of anilines is 1. The van der Waals surface area contributed by atoms with Crippen molar-refractivity contribution in [2.75, 3.05) is 11.4 Å². The van der Waals surface area contributed by atoms with Crippen molar-refractivity contribution in [1.29, 1.82) is 0 Å². The second-order valence-electron chi connectivity index (χ2n) is 4.33. The lowest BCUT2D eigenvalue weighted by Crippen LogP contribution is -2.36. The molecule has 0 radical (unpaired) electrons. The lowest BCUT2D eigenvalue weighted by molar-refractivity contribution is -0.126. The topological polar surface area (TPSA) is 49.4 Å². The number of carbonyl (C=O) groups excluding carboxylic acids is 2. The number of rotatable bonds is 3. The molecular weight excluding hydrogens is 252 g/mol. The van der Waals surface area contributed by atoms with Gasteiger partial charge in [0.1, 0.15) is 6.04 Å². The monoisotopic (exact) mass is 266 g/mol. The normalized spacial score (nSPS) is 17.8. The highest BCUT2D eigenvalue weighted by atomic mass is 35.5. The quantitative estimate of drug-likeness (QED) is 0.912. The van der Waals surface area contributed by atoms with Crippen LogP contribution < -0.4 is 10.2 Å². The average molecular weight is 267 g/mol. The number of hydrogen-bond acceptors (Lipinski definition) is 2. The Bertz CT molecular complexity index is 502. The van der Waals surface area contributed by atoms with E-state index in [1.807, 2.05) is 13.0 Å². The number of halogens is 1. The standard InChI is InChI=1S/C13H15ClN2O2/c1-3-6-16-11-5-4-9(14)7-10(11)12(13(16)18)15-8(2)17/h4-5,7,12H,3,6H2,1-2H3,(H,15,17)/t12-/m1/s1. The van der Waals surface area contributed by atoms with Gasteiger partial charge >= 0.3 is 0 Å². The molecule has 0 bridgehead atoms. The van der Waals surface area contributed by atoms with E-state index in [4.69, 9.17) is 11.6 Å². The van der Waals surface area contributed by atoms with Crippen molar-refractivity contribution >= 4 is 29.1 Å². The largest absolute Gasteiger partial charge is 0.341 e. The van der Waals surface area contributed by atoms with Gasteiger partial charge in [0.25, 0.3) is 5.91 Å². The summed E-state index contributed by atoms with van der Waals surface area (Å²) in [6, 6.07) is 4.72. The van der Waals surface area contributed by atoms with Crippen LogP contribution in [0.2, 0.25) is 5.02 Å². The first-order valence-electron chi connectivity index (χ1n) is 5.92. The minimum Gasteiger partial charge on any atom is -0.341 e. The Morgan fingerprint density at radius 1 is 1.50 bits per heavy atom. The first kappa shape index (κ1) is 12.9. The SMILES string of the molecule is CCCN1C(=O)[C@H](NC(C)=O)c2cc(Cl)ccc21. The van der Waals surface area contributed by atoms with Crippen LogP contribution in [0.15, 0.2) is 18.2 Å². The van der Waals surface area contributed by atoms with E-state index < -0.39 is 6.04 Å². The van der Waals surface area contributed by atoms with Crippen LogP contribution in [0.1, 0.15) is 31.9 Å². The third kappa shape index (κ3) is 2.20. The van der Waals surface area contributed by atoms with E-state index in [0.717, 1.165) is 17.7 Å². The predicted molar refractivity (Wildman–Crippen MR) is 70.7 cm³/mol. The molecule has 1 aliphatic rings. The van der Waals surface area contributed by atoms with Crippen molar-refractivity contribution < 1.29 is 9.59 Å². The molecule has 1 aromatic carbocycles. The molecule has 5 heteroatoms. The van der Waals surface area contributed by atoms with Crippen LogP contribution in [0.4, 0.5) is 5.69 Å². The minimum absolute atomic E-state index is 0.0932. The highest BCUT2D eigenvalue weighted by molar-refractivity contribution is 6.31. The zero-order valence-electron chi connectivity index (χ0n) is 10.4. The molecule has 96 valence electrons. The molecule has 18 heavy (non-hydrogen) atoms. The molecule has 2 amide bonds. The smallest absolute Gasteiger partial charge is 0.254 e. The third-order valence-electron chi connectivity index (χ3n) is 2.90. The number of benzene rings is 1. The Morgan fingerprint density at radius 3 is 2.83 bits per heavy atom. The van der Waals surface area contributed by atoms with Gasteiger partial charge in [-0.05, 0) is 24.6 Å². The summed E-state index contributed by atoms with van der Waals surface area (Å²) in [4.78, 5) is 25.2. The summed E-state index contributed by atoms with van der Waals surface area (Å²) < 4.78 is 0. The van der Waals surface area contributed by atoms with Gasteiger partial charge in [-0.1, -0.05) is 18.5 Å². The first-order valence-corrected chi connectivity index (χ1v) is 6.30. The molecule has 0 fully saturated rings. The summed E-state index contributed by atoms with van der Waals surface area (Å²) in [5, 5.41) is 3.24. The Labute approximate surface area is 111 Å².